The fourth-order valence-electron chi connectivity index (χ4n) is 0.236. The lowest BCUT2D eigenvalue weighted by Gasteiger charge is -1.76. The summed E-state index contributed by atoms with van der Waals surface area (Å²) in [4.78, 5) is 8.56. The summed E-state index contributed by atoms with van der Waals surface area (Å²) in [5, 5.41) is 13.9. The second-order valence-corrected chi connectivity index (χ2v) is 1.76. The maximum atomic E-state index is 8.56. The molecule has 58 valence electrons. The maximum Gasteiger partial charge on any atom is 0.503 e. The summed E-state index contributed by atoms with van der Waals surface area (Å²) < 4.78 is 0. The van der Waals surface area contributed by atoms with E-state index in [1.807, 2.05) is 19.9 Å². The van der Waals surface area contributed by atoms with Crippen molar-refractivity contribution in [3.63, 3.8) is 0 Å². The molecule has 0 unspecified atom stereocenters. The molecule has 0 bridgehead atoms. The van der Waals surface area contributed by atoms with Crippen LogP contribution in [0.2, 0.25) is 0 Å². The minimum atomic E-state index is -1.83. The van der Waals surface area contributed by atoms with Crippen molar-refractivity contribution < 1.29 is 15.0 Å². The van der Waals surface area contributed by atoms with Crippen LogP contribution in [0.25, 0.3) is 0 Å². The molecule has 0 aromatic rings. The third-order valence-corrected chi connectivity index (χ3v) is 0.451. The van der Waals surface area contributed by atoms with Gasteiger partial charge in [-0.2, -0.15) is 0 Å². The number of carbonyl (C=O) groups is 1. The Kier molecular flexibility index (Phi) is 8.94. The Bertz CT molecular complexity index is 128. The average molecular weight is 144 g/mol. The predicted octanol–water partition coefficient (Wildman–Crippen LogP) is 2.36. The van der Waals surface area contributed by atoms with Gasteiger partial charge in [0.2, 0.25) is 0 Å². The fraction of sp³-hybridized carbons (Fsp3) is 0.286. The summed E-state index contributed by atoms with van der Waals surface area (Å²) in [5.74, 6) is 0. The highest BCUT2D eigenvalue weighted by Gasteiger charge is 1.70. The van der Waals surface area contributed by atoms with E-state index >= 15 is 0 Å². The Morgan fingerprint density at radius 2 is 1.70 bits per heavy atom. The van der Waals surface area contributed by atoms with E-state index in [-0.39, 0.29) is 0 Å². The molecule has 0 amide bonds. The van der Waals surface area contributed by atoms with Crippen molar-refractivity contribution in [3.05, 3.63) is 24.3 Å². The van der Waals surface area contributed by atoms with Gasteiger partial charge in [-0.05, 0) is 13.8 Å². The van der Waals surface area contributed by atoms with Crippen LogP contribution in [0.4, 0.5) is 4.79 Å². The van der Waals surface area contributed by atoms with Crippen LogP contribution in [0.1, 0.15) is 13.8 Å². The van der Waals surface area contributed by atoms with Gasteiger partial charge in [-0.1, -0.05) is 24.3 Å². The van der Waals surface area contributed by atoms with Gasteiger partial charge in [0.25, 0.3) is 0 Å². The monoisotopic (exact) mass is 144 g/mol. The van der Waals surface area contributed by atoms with E-state index in [0.29, 0.717) is 0 Å². The molecule has 10 heavy (non-hydrogen) atoms. The largest absolute Gasteiger partial charge is 0.503 e. The maximum absolute atomic E-state index is 8.56. The van der Waals surface area contributed by atoms with Gasteiger partial charge in [0, 0.05) is 0 Å². The second kappa shape index (κ2) is 7.75. The molecule has 0 saturated heterocycles. The van der Waals surface area contributed by atoms with E-state index in [1.54, 1.807) is 6.08 Å². The molecule has 0 aliphatic heterocycles. The Labute approximate surface area is 60.3 Å². The zero-order chi connectivity index (χ0) is 8.57. The van der Waals surface area contributed by atoms with Gasteiger partial charge in [0.05, 0.1) is 0 Å². The summed E-state index contributed by atoms with van der Waals surface area (Å²) in [5.41, 5.74) is 1.30. The number of hydrogen-bond acceptors (Lipinski definition) is 1. The van der Waals surface area contributed by atoms with Crippen molar-refractivity contribution in [3.8, 4) is 0 Å². The molecule has 3 nitrogen and oxygen atoms in total. The van der Waals surface area contributed by atoms with Gasteiger partial charge < -0.3 is 10.2 Å². The molecule has 0 aliphatic rings. The molecule has 3 heteroatoms. The highest BCUT2D eigenvalue weighted by Crippen LogP contribution is 1.85. The summed E-state index contributed by atoms with van der Waals surface area (Å²) >= 11 is 0. The summed E-state index contributed by atoms with van der Waals surface area (Å²) in [6.07, 6.45) is 1.93. The third kappa shape index (κ3) is 72.9. The molecule has 0 aromatic heterocycles. The Morgan fingerprint density at radius 3 is 1.70 bits per heavy atom. The molecule has 0 aromatic carbocycles. The van der Waals surface area contributed by atoms with Crippen molar-refractivity contribution in [1.29, 1.82) is 0 Å². The zero-order valence-electron chi connectivity index (χ0n) is 6.16. The van der Waals surface area contributed by atoms with Crippen LogP contribution in [0.3, 0.4) is 0 Å². The molecule has 0 saturated carbocycles. The molecule has 0 aliphatic carbocycles. The molecule has 2 N–H and O–H groups in total. The SMILES string of the molecule is C=CC=C(C)C.O=C(O)O. The molecule has 0 spiro atoms. The van der Waals surface area contributed by atoms with Crippen molar-refractivity contribution >= 4 is 6.16 Å². The van der Waals surface area contributed by atoms with Crippen LogP contribution in [-0.2, 0) is 0 Å². The molecular weight excluding hydrogens is 132 g/mol. The first kappa shape index (κ1) is 11.5. The van der Waals surface area contributed by atoms with Gasteiger partial charge in [0.15, 0.2) is 0 Å². The van der Waals surface area contributed by atoms with Crippen LogP contribution in [0, 0.1) is 0 Å². The van der Waals surface area contributed by atoms with E-state index in [0.717, 1.165) is 0 Å². The minimum Gasteiger partial charge on any atom is -0.450 e. The van der Waals surface area contributed by atoms with E-state index in [1.165, 1.54) is 5.57 Å². The Morgan fingerprint density at radius 1 is 1.40 bits per heavy atom. The van der Waals surface area contributed by atoms with E-state index < -0.39 is 6.16 Å². The first-order valence-electron chi connectivity index (χ1n) is 2.68. The zero-order valence-corrected chi connectivity index (χ0v) is 6.16. The molecule has 0 rings (SSSR count). The normalized spacial score (nSPS) is 6.60. The highest BCUT2D eigenvalue weighted by molar-refractivity contribution is 5.53. The number of allylic oxidation sites excluding steroid dienone is 3. The quantitative estimate of drug-likeness (QED) is 0.555. The Balaban J connectivity index is 0. The third-order valence-electron chi connectivity index (χ3n) is 0.451. The van der Waals surface area contributed by atoms with Crippen LogP contribution in [0.5, 0.6) is 0 Å². The van der Waals surface area contributed by atoms with Gasteiger partial charge >= 0.3 is 6.16 Å². The highest BCUT2D eigenvalue weighted by atomic mass is 16.6. The predicted molar refractivity (Wildman–Crippen MR) is 40.3 cm³/mol. The first-order chi connectivity index (χ1) is 4.50. The van der Waals surface area contributed by atoms with Crippen molar-refractivity contribution in [2.45, 2.75) is 13.8 Å². The van der Waals surface area contributed by atoms with Gasteiger partial charge in [-0.25, -0.2) is 4.79 Å². The van der Waals surface area contributed by atoms with Crippen LogP contribution in [0.15, 0.2) is 24.3 Å². The van der Waals surface area contributed by atoms with E-state index in [9.17, 15) is 0 Å². The van der Waals surface area contributed by atoms with Gasteiger partial charge in [0.1, 0.15) is 0 Å². The Hall–Kier alpha value is -1.25. The minimum absolute atomic E-state index is 1.30. The standard InChI is InChI=1S/C6H10.CH2O3/c1-4-5-6(2)3;2-1(3)4/h4-5H,1H2,2-3H3;(H2,2,3,4). The van der Waals surface area contributed by atoms with Gasteiger partial charge in [-0.15, -0.1) is 0 Å². The van der Waals surface area contributed by atoms with Crippen molar-refractivity contribution in [2.24, 2.45) is 0 Å². The lowest BCUT2D eigenvalue weighted by atomic mass is 10.3. The van der Waals surface area contributed by atoms with Crippen molar-refractivity contribution in [2.75, 3.05) is 0 Å². The smallest absolute Gasteiger partial charge is 0.450 e. The molecule has 0 fully saturated rings. The fourth-order valence-corrected chi connectivity index (χ4v) is 0.236. The van der Waals surface area contributed by atoms with Gasteiger partial charge in [-0.3, -0.25) is 0 Å². The number of hydrogen-bond donors (Lipinski definition) is 2. The molecule has 0 heterocycles. The van der Waals surface area contributed by atoms with Crippen molar-refractivity contribution in [1.82, 2.24) is 0 Å². The van der Waals surface area contributed by atoms with E-state index in [2.05, 4.69) is 6.58 Å². The lowest BCUT2D eigenvalue weighted by molar-refractivity contribution is 0.137. The average Bonchev–Trinajstić information content (AvgIpc) is 1.62. The van der Waals surface area contributed by atoms with E-state index in [4.69, 9.17) is 15.0 Å². The molecule has 0 radical (unpaired) electrons. The summed E-state index contributed by atoms with van der Waals surface area (Å²) in [6, 6.07) is 0. The van der Waals surface area contributed by atoms with Crippen LogP contribution in [-0.4, -0.2) is 16.4 Å². The van der Waals surface area contributed by atoms with Crippen LogP contribution < -0.4 is 0 Å². The topological polar surface area (TPSA) is 57.5 Å². The summed E-state index contributed by atoms with van der Waals surface area (Å²) in [7, 11) is 0. The molecular formula is C7H12O3. The van der Waals surface area contributed by atoms with Crippen LogP contribution >= 0.6 is 0 Å². The molecule has 0 atom stereocenters. The summed E-state index contributed by atoms with van der Waals surface area (Å²) in [6.45, 7) is 7.61. The first-order valence-corrected chi connectivity index (χ1v) is 2.68. The number of carboxylic acid groups (broad SMARTS) is 2. The lowest BCUT2D eigenvalue weighted by Crippen LogP contribution is -1.81. The second-order valence-electron chi connectivity index (χ2n) is 1.76. The number of rotatable bonds is 1.